The van der Waals surface area contributed by atoms with E-state index in [-0.39, 0.29) is 0 Å². The summed E-state index contributed by atoms with van der Waals surface area (Å²) in [5.41, 5.74) is 1.72. The summed E-state index contributed by atoms with van der Waals surface area (Å²) >= 11 is 5.93. The van der Waals surface area contributed by atoms with E-state index in [1.165, 1.54) is 0 Å². The fourth-order valence-corrected chi connectivity index (χ4v) is 5.37. The van der Waals surface area contributed by atoms with E-state index in [4.69, 9.17) is 16.1 Å². The van der Waals surface area contributed by atoms with Crippen molar-refractivity contribution in [1.82, 2.24) is 23.6 Å². The van der Waals surface area contributed by atoms with Gasteiger partial charge in [-0.2, -0.15) is 17.0 Å². The van der Waals surface area contributed by atoms with Gasteiger partial charge in [-0.1, -0.05) is 28.9 Å². The Balaban J connectivity index is 1.32. The monoisotopic (exact) mass is 439 g/mol. The van der Waals surface area contributed by atoms with Gasteiger partial charge in [-0.25, -0.2) is 0 Å². The van der Waals surface area contributed by atoms with Gasteiger partial charge in [-0.3, -0.25) is 4.90 Å². The molecule has 0 unspecified atom stereocenters. The highest BCUT2D eigenvalue weighted by molar-refractivity contribution is 7.86. The third-order valence-corrected chi connectivity index (χ3v) is 7.81. The molecule has 2 saturated heterocycles. The maximum Gasteiger partial charge on any atom is 0.282 e. The van der Waals surface area contributed by atoms with Crippen molar-refractivity contribution in [2.45, 2.75) is 6.54 Å². The number of hydrogen-bond acceptors (Lipinski definition) is 6. The lowest BCUT2D eigenvalue weighted by Crippen LogP contribution is -2.56. The third kappa shape index (κ3) is 4.82. The van der Waals surface area contributed by atoms with Crippen molar-refractivity contribution in [3.63, 3.8) is 0 Å². The minimum atomic E-state index is -3.37. The molecule has 0 bridgehead atoms. The summed E-state index contributed by atoms with van der Waals surface area (Å²) in [5, 5.41) is 4.82. The van der Waals surface area contributed by atoms with Crippen LogP contribution in [0, 0.1) is 0 Å². The Morgan fingerprint density at radius 2 is 1.55 bits per heavy atom. The van der Waals surface area contributed by atoms with Crippen LogP contribution in [0.3, 0.4) is 0 Å². The number of likely N-dealkylation sites (N-methyl/N-ethyl adjacent to an activating group) is 1. The second-order valence-electron chi connectivity index (χ2n) is 7.57. The fraction of sp³-hybridized carbons (Fsp3) is 0.526. The van der Waals surface area contributed by atoms with Crippen molar-refractivity contribution in [1.29, 1.82) is 0 Å². The van der Waals surface area contributed by atoms with Crippen molar-refractivity contribution in [2.75, 3.05) is 59.4 Å². The number of piperazine rings is 2. The van der Waals surface area contributed by atoms with Crippen molar-refractivity contribution >= 4 is 21.8 Å². The quantitative estimate of drug-likeness (QED) is 0.704. The van der Waals surface area contributed by atoms with Crippen molar-refractivity contribution in [2.24, 2.45) is 0 Å². The zero-order valence-corrected chi connectivity index (χ0v) is 18.1. The van der Waals surface area contributed by atoms with Crippen LogP contribution >= 0.6 is 11.6 Å². The molecule has 0 saturated carbocycles. The van der Waals surface area contributed by atoms with Gasteiger partial charge in [0.15, 0.2) is 5.76 Å². The van der Waals surface area contributed by atoms with Crippen LogP contribution in [-0.4, -0.2) is 91.4 Å². The Bertz CT molecular complexity index is 918. The van der Waals surface area contributed by atoms with E-state index in [0.717, 1.165) is 30.1 Å². The number of aromatic nitrogens is 1. The lowest BCUT2D eigenvalue weighted by atomic mass is 10.1. The van der Waals surface area contributed by atoms with Gasteiger partial charge >= 0.3 is 0 Å². The van der Waals surface area contributed by atoms with Crippen LogP contribution in [0.25, 0.3) is 11.3 Å². The maximum absolute atomic E-state index is 12.9. The lowest BCUT2D eigenvalue weighted by molar-refractivity contribution is 0.154. The SMILES string of the molecule is CN1CCN(S(=O)(=O)N2CCN(Cc3cc(-c4ccc(Cl)cc4)no3)CC2)CC1. The van der Waals surface area contributed by atoms with Crippen molar-refractivity contribution in [3.8, 4) is 11.3 Å². The molecule has 2 fully saturated rings. The standard InChI is InChI=1S/C19H26ClN5O3S/c1-22-6-10-24(11-7-22)29(26,27)25-12-8-23(9-13-25)15-18-14-19(21-28-18)16-2-4-17(20)5-3-16/h2-5,14H,6-13,15H2,1H3. The second-order valence-corrected chi connectivity index (χ2v) is 9.94. The highest BCUT2D eigenvalue weighted by Gasteiger charge is 2.33. The van der Waals surface area contributed by atoms with E-state index in [2.05, 4.69) is 15.0 Å². The summed E-state index contributed by atoms with van der Waals surface area (Å²) in [5.74, 6) is 0.769. The van der Waals surface area contributed by atoms with E-state index < -0.39 is 10.2 Å². The Kier molecular flexibility index (Phi) is 6.24. The number of halogens is 1. The molecule has 0 N–H and O–H groups in total. The molecule has 3 heterocycles. The summed E-state index contributed by atoms with van der Waals surface area (Å²) in [6.07, 6.45) is 0. The van der Waals surface area contributed by atoms with Gasteiger partial charge in [-0.15, -0.1) is 0 Å². The molecule has 0 aliphatic carbocycles. The van der Waals surface area contributed by atoms with Crippen LogP contribution in [0.1, 0.15) is 5.76 Å². The normalized spacial score (nSPS) is 20.9. The Morgan fingerprint density at radius 1 is 0.966 bits per heavy atom. The summed E-state index contributed by atoms with van der Waals surface area (Å²) in [7, 11) is -1.36. The molecule has 2 aromatic rings. The molecule has 0 amide bonds. The highest BCUT2D eigenvalue weighted by atomic mass is 35.5. The molecule has 158 valence electrons. The molecular weight excluding hydrogens is 414 g/mol. The second kappa shape index (κ2) is 8.71. The van der Waals surface area contributed by atoms with E-state index >= 15 is 0 Å². The lowest BCUT2D eigenvalue weighted by Gasteiger charge is -2.38. The van der Waals surface area contributed by atoms with Gasteiger partial charge in [0.2, 0.25) is 0 Å². The van der Waals surface area contributed by atoms with Crippen molar-refractivity contribution < 1.29 is 12.9 Å². The number of hydrogen-bond donors (Lipinski definition) is 0. The van der Waals surface area contributed by atoms with Gasteiger partial charge < -0.3 is 9.42 Å². The zero-order chi connectivity index (χ0) is 20.4. The van der Waals surface area contributed by atoms with E-state index in [1.807, 2.05) is 37.4 Å². The average Bonchev–Trinajstić information content (AvgIpc) is 3.18. The molecule has 2 aliphatic rings. The molecule has 4 rings (SSSR count). The first kappa shape index (κ1) is 20.8. The van der Waals surface area contributed by atoms with Crippen LogP contribution in [0.5, 0.6) is 0 Å². The first-order valence-corrected chi connectivity index (χ1v) is 11.6. The Labute approximate surface area is 176 Å². The molecule has 8 nitrogen and oxygen atoms in total. The zero-order valence-electron chi connectivity index (χ0n) is 16.5. The first-order valence-electron chi connectivity index (χ1n) is 9.79. The van der Waals surface area contributed by atoms with Crippen LogP contribution in [0.4, 0.5) is 0 Å². The minimum Gasteiger partial charge on any atom is -0.359 e. The molecule has 0 radical (unpaired) electrons. The van der Waals surface area contributed by atoms with E-state index in [0.29, 0.717) is 50.8 Å². The smallest absolute Gasteiger partial charge is 0.282 e. The Hall–Kier alpha value is -1.49. The Morgan fingerprint density at radius 3 is 2.17 bits per heavy atom. The molecule has 29 heavy (non-hydrogen) atoms. The minimum absolute atomic E-state index is 0.493. The third-order valence-electron chi connectivity index (χ3n) is 5.52. The first-order chi connectivity index (χ1) is 13.9. The highest BCUT2D eigenvalue weighted by Crippen LogP contribution is 2.22. The van der Waals surface area contributed by atoms with Gasteiger partial charge in [-0.05, 0) is 19.2 Å². The molecule has 1 aromatic carbocycles. The summed E-state index contributed by atoms with van der Waals surface area (Å²) in [4.78, 5) is 4.35. The van der Waals surface area contributed by atoms with Gasteiger partial charge in [0.1, 0.15) is 5.69 Å². The summed E-state index contributed by atoms with van der Waals surface area (Å²) < 4.78 is 34.4. The maximum atomic E-state index is 12.9. The topological polar surface area (TPSA) is 73.1 Å². The molecule has 2 aliphatic heterocycles. The largest absolute Gasteiger partial charge is 0.359 e. The predicted octanol–water partition coefficient (Wildman–Crippen LogP) is 1.60. The number of rotatable bonds is 5. The van der Waals surface area contributed by atoms with Crippen molar-refractivity contribution in [3.05, 3.63) is 41.1 Å². The van der Waals surface area contributed by atoms with Crippen LogP contribution in [0.15, 0.2) is 34.9 Å². The number of benzene rings is 1. The molecule has 10 heteroatoms. The molecule has 0 spiro atoms. The summed E-state index contributed by atoms with van der Waals surface area (Å²) in [6.45, 7) is 5.62. The van der Waals surface area contributed by atoms with Gasteiger partial charge in [0.25, 0.3) is 10.2 Å². The fourth-order valence-electron chi connectivity index (χ4n) is 3.67. The summed E-state index contributed by atoms with van der Waals surface area (Å²) in [6, 6.07) is 9.39. The van der Waals surface area contributed by atoms with Crippen LogP contribution in [-0.2, 0) is 16.8 Å². The molecular formula is C19H26ClN5O3S. The van der Waals surface area contributed by atoms with E-state index in [9.17, 15) is 8.42 Å². The molecule has 0 atom stereocenters. The van der Waals surface area contributed by atoms with Gasteiger partial charge in [0, 0.05) is 69.0 Å². The predicted molar refractivity (Wildman–Crippen MR) is 112 cm³/mol. The molecule has 1 aromatic heterocycles. The average molecular weight is 440 g/mol. The van der Waals surface area contributed by atoms with Gasteiger partial charge in [0.05, 0.1) is 6.54 Å². The number of nitrogens with zero attached hydrogens (tertiary/aromatic N) is 5. The van der Waals surface area contributed by atoms with E-state index in [1.54, 1.807) is 8.61 Å². The van der Waals surface area contributed by atoms with Crippen LogP contribution in [0.2, 0.25) is 5.02 Å². The van der Waals surface area contributed by atoms with Crippen LogP contribution < -0.4 is 0 Å².